The van der Waals surface area contributed by atoms with Gasteiger partial charge in [-0.3, -0.25) is 9.48 Å². The molecule has 6 nitrogen and oxygen atoms in total. The number of rotatable bonds is 8. The fourth-order valence-electron chi connectivity index (χ4n) is 3.67. The van der Waals surface area contributed by atoms with Gasteiger partial charge < -0.3 is 15.0 Å². The van der Waals surface area contributed by atoms with Crippen molar-refractivity contribution in [1.29, 1.82) is 0 Å². The summed E-state index contributed by atoms with van der Waals surface area (Å²) < 4.78 is 7.38. The smallest absolute Gasteiger partial charge is 0.222 e. The molecule has 0 unspecified atom stereocenters. The summed E-state index contributed by atoms with van der Waals surface area (Å²) in [5.74, 6) is 1.50. The predicted molar refractivity (Wildman–Crippen MR) is 110 cm³/mol. The van der Waals surface area contributed by atoms with Gasteiger partial charge in [0.15, 0.2) is 0 Å². The Hall–Kier alpha value is -2.34. The number of hydrogen-bond donors (Lipinski definition) is 1. The van der Waals surface area contributed by atoms with Crippen molar-refractivity contribution in [1.82, 2.24) is 20.0 Å². The Morgan fingerprint density at radius 2 is 2.14 bits per heavy atom. The Morgan fingerprint density at radius 1 is 1.36 bits per heavy atom. The molecule has 2 aromatic rings. The van der Waals surface area contributed by atoms with Crippen molar-refractivity contribution < 1.29 is 9.53 Å². The zero-order chi connectivity index (χ0) is 19.9. The second kappa shape index (κ2) is 9.73. The van der Waals surface area contributed by atoms with Gasteiger partial charge in [-0.2, -0.15) is 5.10 Å². The van der Waals surface area contributed by atoms with Crippen molar-refractivity contribution in [2.75, 3.05) is 26.7 Å². The molecule has 0 aliphatic carbocycles. The number of carbonyl (C=O) groups excluding carboxylic acids is 1. The van der Waals surface area contributed by atoms with Crippen molar-refractivity contribution in [3.05, 3.63) is 47.3 Å². The number of amides is 1. The molecule has 1 aromatic carbocycles. The number of aryl methyl sites for hydroxylation is 2. The van der Waals surface area contributed by atoms with E-state index >= 15 is 0 Å². The Labute approximate surface area is 167 Å². The summed E-state index contributed by atoms with van der Waals surface area (Å²) >= 11 is 0. The lowest BCUT2D eigenvalue weighted by Crippen LogP contribution is -2.28. The van der Waals surface area contributed by atoms with Gasteiger partial charge in [0, 0.05) is 33.0 Å². The van der Waals surface area contributed by atoms with Crippen LogP contribution in [0, 0.1) is 0 Å². The minimum absolute atomic E-state index is 0.149. The second-order valence-electron chi connectivity index (χ2n) is 7.55. The number of carbonyl (C=O) groups is 1. The molecule has 1 aliphatic rings. The van der Waals surface area contributed by atoms with Crippen LogP contribution in [0.25, 0.3) is 0 Å². The highest BCUT2D eigenvalue weighted by molar-refractivity contribution is 5.76. The van der Waals surface area contributed by atoms with E-state index in [9.17, 15) is 4.79 Å². The van der Waals surface area contributed by atoms with Gasteiger partial charge in [0.2, 0.25) is 5.91 Å². The first-order valence-corrected chi connectivity index (χ1v) is 10.3. The zero-order valence-electron chi connectivity index (χ0n) is 17.3. The summed E-state index contributed by atoms with van der Waals surface area (Å²) in [5.41, 5.74) is 3.37. The third kappa shape index (κ3) is 5.35. The molecule has 6 heteroatoms. The summed E-state index contributed by atoms with van der Waals surface area (Å²) in [7, 11) is 3.84. The van der Waals surface area contributed by atoms with E-state index in [1.807, 2.05) is 50.0 Å². The summed E-state index contributed by atoms with van der Waals surface area (Å²) in [6, 6.07) is 10.1. The lowest BCUT2D eigenvalue weighted by molar-refractivity contribution is -0.130. The zero-order valence-corrected chi connectivity index (χ0v) is 17.3. The van der Waals surface area contributed by atoms with E-state index in [1.54, 1.807) is 4.90 Å². The highest BCUT2D eigenvalue weighted by atomic mass is 16.5. The van der Waals surface area contributed by atoms with Crippen molar-refractivity contribution in [2.24, 2.45) is 7.05 Å². The van der Waals surface area contributed by atoms with Crippen LogP contribution in [0.1, 0.15) is 49.1 Å². The van der Waals surface area contributed by atoms with Gasteiger partial charge in [-0.15, -0.1) is 0 Å². The van der Waals surface area contributed by atoms with Crippen LogP contribution in [0.2, 0.25) is 0 Å². The minimum Gasteiger partial charge on any atom is -0.494 e. The molecule has 1 amide bonds. The molecule has 3 rings (SSSR count). The lowest BCUT2D eigenvalue weighted by Gasteiger charge is -2.20. The third-order valence-corrected chi connectivity index (χ3v) is 5.40. The van der Waals surface area contributed by atoms with E-state index in [2.05, 4.69) is 11.4 Å². The molecule has 0 saturated carbocycles. The maximum Gasteiger partial charge on any atom is 0.222 e. The Kier molecular flexibility index (Phi) is 7.09. The van der Waals surface area contributed by atoms with Crippen LogP contribution < -0.4 is 10.1 Å². The highest BCUT2D eigenvalue weighted by Gasteiger charge is 2.20. The van der Waals surface area contributed by atoms with Gasteiger partial charge in [0.1, 0.15) is 5.75 Å². The SMILES string of the molecule is CCOc1ccc(CCC(=O)N(C)Cc2cc([C@H]3CCCNC3)nn2C)cc1. The minimum atomic E-state index is 0.149. The van der Waals surface area contributed by atoms with Crippen LogP contribution in [-0.2, 0) is 24.8 Å². The number of nitrogens with one attached hydrogen (secondary N) is 1. The monoisotopic (exact) mass is 384 g/mol. The largest absolute Gasteiger partial charge is 0.494 e. The van der Waals surface area contributed by atoms with E-state index in [-0.39, 0.29) is 5.91 Å². The Balaban J connectivity index is 1.51. The molecule has 1 saturated heterocycles. The van der Waals surface area contributed by atoms with E-state index in [4.69, 9.17) is 9.84 Å². The molecule has 28 heavy (non-hydrogen) atoms. The van der Waals surface area contributed by atoms with Gasteiger partial charge in [-0.25, -0.2) is 0 Å². The van der Waals surface area contributed by atoms with Gasteiger partial charge in [0.05, 0.1) is 24.5 Å². The van der Waals surface area contributed by atoms with E-state index in [1.165, 1.54) is 12.8 Å². The first-order valence-electron chi connectivity index (χ1n) is 10.3. The molecule has 2 heterocycles. The fraction of sp³-hybridized carbons (Fsp3) is 0.545. The summed E-state index contributed by atoms with van der Waals surface area (Å²) in [5, 5.41) is 8.13. The van der Waals surface area contributed by atoms with E-state index in [0.29, 0.717) is 25.5 Å². The molecule has 0 bridgehead atoms. The number of piperidine rings is 1. The van der Waals surface area contributed by atoms with Crippen LogP contribution in [0.15, 0.2) is 30.3 Å². The van der Waals surface area contributed by atoms with Crippen LogP contribution in [-0.4, -0.2) is 47.3 Å². The Morgan fingerprint density at radius 3 is 2.82 bits per heavy atom. The average molecular weight is 385 g/mol. The van der Waals surface area contributed by atoms with E-state index in [0.717, 1.165) is 42.2 Å². The molecule has 1 fully saturated rings. The van der Waals surface area contributed by atoms with Gasteiger partial charge >= 0.3 is 0 Å². The van der Waals surface area contributed by atoms with Gasteiger partial charge in [-0.05, 0) is 56.5 Å². The van der Waals surface area contributed by atoms with Crippen LogP contribution >= 0.6 is 0 Å². The maximum absolute atomic E-state index is 12.6. The number of nitrogens with zero attached hydrogens (tertiary/aromatic N) is 3. The molecular formula is C22H32N4O2. The van der Waals surface area contributed by atoms with Crippen molar-refractivity contribution >= 4 is 5.91 Å². The molecule has 1 atom stereocenters. The molecular weight excluding hydrogens is 352 g/mol. The van der Waals surface area contributed by atoms with Crippen LogP contribution in [0.5, 0.6) is 5.75 Å². The lowest BCUT2D eigenvalue weighted by atomic mass is 9.96. The summed E-state index contributed by atoms with van der Waals surface area (Å²) in [4.78, 5) is 14.4. The quantitative estimate of drug-likeness (QED) is 0.760. The average Bonchev–Trinajstić information content (AvgIpc) is 3.08. The second-order valence-corrected chi connectivity index (χ2v) is 7.55. The summed E-state index contributed by atoms with van der Waals surface area (Å²) in [6.07, 6.45) is 3.61. The standard InChI is InChI=1S/C22H32N4O2/c1-4-28-20-10-7-17(8-11-20)9-12-22(27)25(2)16-19-14-21(24-26(19)3)18-6-5-13-23-15-18/h7-8,10-11,14,18,23H,4-6,9,12-13,15-16H2,1-3H3/t18-/m0/s1. The number of ether oxygens (including phenoxy) is 1. The van der Waals surface area contributed by atoms with Gasteiger partial charge in [0.25, 0.3) is 0 Å². The Bertz CT molecular complexity index is 763. The number of hydrogen-bond acceptors (Lipinski definition) is 4. The molecule has 152 valence electrons. The molecule has 1 aromatic heterocycles. The first kappa shape index (κ1) is 20.4. The van der Waals surface area contributed by atoms with Crippen LogP contribution in [0.3, 0.4) is 0 Å². The number of aromatic nitrogens is 2. The number of benzene rings is 1. The van der Waals surface area contributed by atoms with Crippen molar-refractivity contribution in [3.8, 4) is 5.75 Å². The van der Waals surface area contributed by atoms with E-state index < -0.39 is 0 Å². The van der Waals surface area contributed by atoms with Crippen LogP contribution in [0.4, 0.5) is 0 Å². The third-order valence-electron chi connectivity index (χ3n) is 5.40. The molecule has 0 spiro atoms. The first-order chi connectivity index (χ1) is 13.6. The molecule has 0 radical (unpaired) electrons. The van der Waals surface area contributed by atoms with Crippen molar-refractivity contribution in [3.63, 3.8) is 0 Å². The predicted octanol–water partition coefficient (Wildman–Crippen LogP) is 2.88. The summed E-state index contributed by atoms with van der Waals surface area (Å²) in [6.45, 7) is 5.32. The van der Waals surface area contributed by atoms with Crippen molar-refractivity contribution in [2.45, 2.75) is 45.1 Å². The molecule has 1 N–H and O–H groups in total. The topological polar surface area (TPSA) is 59.4 Å². The highest BCUT2D eigenvalue weighted by Crippen LogP contribution is 2.23. The normalized spacial score (nSPS) is 16.8. The fourth-order valence-corrected chi connectivity index (χ4v) is 3.67. The maximum atomic E-state index is 12.6. The molecule has 1 aliphatic heterocycles. The van der Waals surface area contributed by atoms with Gasteiger partial charge in [-0.1, -0.05) is 12.1 Å².